The van der Waals surface area contributed by atoms with Crippen molar-refractivity contribution in [3.63, 3.8) is 0 Å². The molecule has 0 aromatic heterocycles. The summed E-state index contributed by atoms with van der Waals surface area (Å²) in [4.78, 5) is 0. The van der Waals surface area contributed by atoms with Gasteiger partial charge in [-0.05, 0) is 24.3 Å². The Morgan fingerprint density at radius 2 is 1.60 bits per heavy atom. The summed E-state index contributed by atoms with van der Waals surface area (Å²) < 4.78 is 28.5. The van der Waals surface area contributed by atoms with Gasteiger partial charge in [0.05, 0.1) is 20.3 Å². The van der Waals surface area contributed by atoms with Crippen molar-refractivity contribution in [2.45, 2.75) is 24.9 Å². The van der Waals surface area contributed by atoms with Crippen LogP contribution in [0.3, 0.4) is 0 Å². The second-order valence-corrected chi connectivity index (χ2v) is 6.07. The smallest absolute Gasteiger partial charge is 0.126 e. The number of fused-ring (bicyclic) bond motifs is 2. The van der Waals surface area contributed by atoms with E-state index < -0.39 is 0 Å². The molecule has 0 spiro atoms. The van der Waals surface area contributed by atoms with Crippen LogP contribution >= 0.6 is 0 Å². The molecule has 4 N–H and O–H groups in total. The van der Waals surface area contributed by atoms with Gasteiger partial charge < -0.3 is 25.7 Å². The summed E-state index contributed by atoms with van der Waals surface area (Å²) >= 11 is 0. The first-order chi connectivity index (χ1) is 12.1. The molecule has 0 bridgehead atoms. The van der Waals surface area contributed by atoms with Gasteiger partial charge >= 0.3 is 0 Å². The van der Waals surface area contributed by atoms with Crippen LogP contribution in [0.5, 0.6) is 17.2 Å². The first kappa shape index (κ1) is 17.5. The van der Waals surface area contributed by atoms with Crippen LogP contribution in [0.25, 0.3) is 0 Å². The Bertz CT molecular complexity index is 739. The lowest BCUT2D eigenvalue weighted by molar-refractivity contribution is 0.267. The molecule has 2 unspecified atom stereocenters. The average molecular weight is 346 g/mol. The van der Waals surface area contributed by atoms with Crippen LogP contribution < -0.4 is 25.7 Å². The van der Waals surface area contributed by atoms with Crippen molar-refractivity contribution in [3.8, 4) is 17.2 Å². The second-order valence-electron chi connectivity index (χ2n) is 6.07. The lowest BCUT2D eigenvalue weighted by Gasteiger charge is -2.23. The molecule has 0 saturated carbocycles. The molecule has 2 aromatic carbocycles. The number of methoxy groups -OCH3 is 1. The van der Waals surface area contributed by atoms with Gasteiger partial charge in [-0.25, -0.2) is 4.39 Å². The quantitative estimate of drug-likeness (QED) is 0.829. The Kier molecular flexibility index (Phi) is 5.40. The fraction of sp³-hybridized carbons (Fsp3) is 0.368. The van der Waals surface area contributed by atoms with E-state index in [1.54, 1.807) is 13.2 Å². The fourth-order valence-electron chi connectivity index (χ4n) is 2.92. The molecule has 5 nitrogen and oxygen atoms in total. The van der Waals surface area contributed by atoms with Gasteiger partial charge in [0, 0.05) is 42.1 Å². The zero-order valence-electron chi connectivity index (χ0n) is 14.2. The molecule has 6 heteroatoms. The summed E-state index contributed by atoms with van der Waals surface area (Å²) in [6, 6.07) is 10.3. The largest absolute Gasteiger partial charge is 0.497 e. The number of hydrogen-bond acceptors (Lipinski definition) is 5. The first-order valence-electron chi connectivity index (χ1n) is 8.32. The highest BCUT2D eigenvalue weighted by atomic mass is 19.1. The highest BCUT2D eigenvalue weighted by Gasteiger charge is 2.18. The second kappa shape index (κ2) is 7.72. The highest BCUT2D eigenvalue weighted by Crippen LogP contribution is 2.33. The number of benzene rings is 2. The molecule has 0 aliphatic carbocycles. The third-order valence-electron chi connectivity index (χ3n) is 4.36. The Balaban J connectivity index is 0.000000146. The maximum Gasteiger partial charge on any atom is 0.126 e. The summed E-state index contributed by atoms with van der Waals surface area (Å²) in [6.45, 7) is 1.29. The van der Waals surface area contributed by atoms with E-state index in [0.717, 1.165) is 35.5 Å². The molecule has 2 atom stereocenters. The topological polar surface area (TPSA) is 79.7 Å². The molecule has 4 rings (SSSR count). The van der Waals surface area contributed by atoms with Gasteiger partial charge in [-0.2, -0.15) is 0 Å². The summed E-state index contributed by atoms with van der Waals surface area (Å²) in [5.74, 6) is 2.04. The number of ether oxygens (including phenoxy) is 3. The van der Waals surface area contributed by atoms with E-state index >= 15 is 0 Å². The Hall–Kier alpha value is -2.31. The predicted molar refractivity (Wildman–Crippen MR) is 93.5 cm³/mol. The minimum atomic E-state index is -0.275. The van der Waals surface area contributed by atoms with E-state index in [-0.39, 0.29) is 17.9 Å². The molecule has 25 heavy (non-hydrogen) atoms. The zero-order chi connectivity index (χ0) is 17.8. The first-order valence-corrected chi connectivity index (χ1v) is 8.32. The van der Waals surface area contributed by atoms with Crippen molar-refractivity contribution in [3.05, 3.63) is 53.3 Å². The third kappa shape index (κ3) is 4.03. The van der Waals surface area contributed by atoms with E-state index in [1.807, 2.05) is 18.2 Å². The molecular formula is C19H23FN2O3. The molecule has 2 aromatic rings. The van der Waals surface area contributed by atoms with Crippen molar-refractivity contribution in [2.75, 3.05) is 20.3 Å². The van der Waals surface area contributed by atoms with Crippen molar-refractivity contribution in [1.82, 2.24) is 0 Å². The Labute approximate surface area is 146 Å². The molecule has 0 saturated heterocycles. The van der Waals surface area contributed by atoms with Gasteiger partial charge in [0.2, 0.25) is 0 Å². The molecule has 0 radical (unpaired) electrons. The van der Waals surface area contributed by atoms with Gasteiger partial charge in [0.25, 0.3) is 0 Å². The van der Waals surface area contributed by atoms with Gasteiger partial charge in [-0.15, -0.1) is 0 Å². The average Bonchev–Trinajstić information content (AvgIpc) is 2.62. The maximum atomic E-state index is 12.7. The van der Waals surface area contributed by atoms with Crippen LogP contribution in [0.15, 0.2) is 36.4 Å². The molecule has 2 aliphatic rings. The normalized spacial score (nSPS) is 20.8. The van der Waals surface area contributed by atoms with Gasteiger partial charge in [-0.1, -0.05) is 6.07 Å². The Morgan fingerprint density at radius 1 is 0.920 bits per heavy atom. The molecular weight excluding hydrogens is 323 g/mol. The molecule has 134 valence electrons. The SMILES string of the molecule is COc1ccc2c(c1)C(N)CCO2.NC1CCOc2cc(F)ccc21. The van der Waals surface area contributed by atoms with Crippen LogP contribution in [0.2, 0.25) is 0 Å². The van der Waals surface area contributed by atoms with E-state index in [4.69, 9.17) is 25.7 Å². The van der Waals surface area contributed by atoms with Crippen molar-refractivity contribution < 1.29 is 18.6 Å². The van der Waals surface area contributed by atoms with Crippen molar-refractivity contribution in [2.24, 2.45) is 11.5 Å². The van der Waals surface area contributed by atoms with Gasteiger partial charge in [0.15, 0.2) is 0 Å². The number of nitrogens with two attached hydrogens (primary N) is 2. The lowest BCUT2D eigenvalue weighted by Crippen LogP contribution is -2.20. The Morgan fingerprint density at radius 3 is 2.32 bits per heavy atom. The summed E-state index contributed by atoms with van der Waals surface area (Å²) in [5, 5.41) is 0. The number of hydrogen-bond donors (Lipinski definition) is 2. The van der Waals surface area contributed by atoms with E-state index in [1.165, 1.54) is 12.1 Å². The standard InChI is InChI=1S/C10H13NO2.C9H10FNO/c1-12-7-2-3-10-8(6-7)9(11)4-5-13-10;10-6-1-2-7-8(11)3-4-12-9(7)5-6/h2-3,6,9H,4-5,11H2,1H3;1-2,5,8H,3-4,11H2. The monoisotopic (exact) mass is 346 g/mol. The van der Waals surface area contributed by atoms with Crippen LogP contribution in [0, 0.1) is 5.82 Å². The molecule has 2 aliphatic heterocycles. The maximum absolute atomic E-state index is 12.7. The van der Waals surface area contributed by atoms with Crippen LogP contribution in [0.1, 0.15) is 36.1 Å². The summed E-state index contributed by atoms with van der Waals surface area (Å²) in [5.41, 5.74) is 13.7. The fourth-order valence-corrected chi connectivity index (χ4v) is 2.92. The van der Waals surface area contributed by atoms with E-state index in [0.29, 0.717) is 19.0 Å². The summed E-state index contributed by atoms with van der Waals surface area (Å²) in [7, 11) is 1.65. The molecule has 0 amide bonds. The minimum Gasteiger partial charge on any atom is -0.497 e. The minimum absolute atomic E-state index is 0.00523. The molecule has 2 heterocycles. The van der Waals surface area contributed by atoms with E-state index in [2.05, 4.69) is 0 Å². The number of halogens is 1. The number of rotatable bonds is 1. The van der Waals surface area contributed by atoms with Gasteiger partial charge in [-0.3, -0.25) is 0 Å². The summed E-state index contributed by atoms with van der Waals surface area (Å²) in [6.07, 6.45) is 1.68. The van der Waals surface area contributed by atoms with Crippen LogP contribution in [-0.4, -0.2) is 20.3 Å². The van der Waals surface area contributed by atoms with Crippen molar-refractivity contribution in [1.29, 1.82) is 0 Å². The lowest BCUT2D eigenvalue weighted by atomic mass is 10.0. The third-order valence-corrected chi connectivity index (χ3v) is 4.36. The predicted octanol–water partition coefficient (Wildman–Crippen LogP) is 3.09. The highest BCUT2D eigenvalue weighted by molar-refractivity contribution is 5.43. The zero-order valence-corrected chi connectivity index (χ0v) is 14.2. The van der Waals surface area contributed by atoms with E-state index in [9.17, 15) is 4.39 Å². The van der Waals surface area contributed by atoms with Crippen molar-refractivity contribution >= 4 is 0 Å². The molecule has 0 fully saturated rings. The van der Waals surface area contributed by atoms with Gasteiger partial charge in [0.1, 0.15) is 23.1 Å². The van der Waals surface area contributed by atoms with Crippen LogP contribution in [0.4, 0.5) is 4.39 Å². The van der Waals surface area contributed by atoms with Crippen LogP contribution in [-0.2, 0) is 0 Å².